The van der Waals surface area contributed by atoms with Gasteiger partial charge in [-0.05, 0) is 31.6 Å². The molecule has 3 aromatic rings. The molecule has 0 unspecified atom stereocenters. The zero-order valence-electron chi connectivity index (χ0n) is 15.1. The largest absolute Gasteiger partial charge is 0.462 e. The van der Waals surface area contributed by atoms with Gasteiger partial charge in [-0.3, -0.25) is 0 Å². The van der Waals surface area contributed by atoms with Crippen LogP contribution in [0.2, 0.25) is 5.02 Å². The molecule has 0 saturated carbocycles. The van der Waals surface area contributed by atoms with E-state index in [1.807, 2.05) is 60.7 Å². The van der Waals surface area contributed by atoms with Crippen molar-refractivity contribution in [1.82, 2.24) is 9.97 Å². The molecule has 0 aliphatic carbocycles. The van der Waals surface area contributed by atoms with Crippen LogP contribution in [0.3, 0.4) is 0 Å². The highest BCUT2D eigenvalue weighted by Crippen LogP contribution is 2.30. The van der Waals surface area contributed by atoms with Crippen LogP contribution in [0.1, 0.15) is 34.4 Å². The molecule has 0 bridgehead atoms. The topological polar surface area (TPSA) is 52.1 Å². The summed E-state index contributed by atoms with van der Waals surface area (Å²) in [5, 5.41) is 0.513. The first-order valence-corrected chi connectivity index (χ1v) is 9.01. The Labute approximate surface area is 163 Å². The van der Waals surface area contributed by atoms with Crippen molar-refractivity contribution in [3.8, 4) is 11.3 Å². The van der Waals surface area contributed by atoms with Crippen molar-refractivity contribution in [2.45, 2.75) is 13.8 Å². The van der Waals surface area contributed by atoms with Crippen LogP contribution >= 0.6 is 11.6 Å². The Morgan fingerprint density at radius 2 is 1.74 bits per heavy atom. The molecule has 3 rings (SSSR count). The number of esters is 1. The lowest BCUT2D eigenvalue weighted by atomic mass is 10.0. The molecule has 2 aromatic carbocycles. The second-order valence-corrected chi connectivity index (χ2v) is 6.24. The van der Waals surface area contributed by atoms with Gasteiger partial charge in [-0.15, -0.1) is 0 Å². The van der Waals surface area contributed by atoms with Crippen LogP contribution < -0.4 is 0 Å². The van der Waals surface area contributed by atoms with E-state index in [4.69, 9.17) is 16.3 Å². The van der Waals surface area contributed by atoms with Gasteiger partial charge in [0, 0.05) is 10.6 Å². The van der Waals surface area contributed by atoms with E-state index in [2.05, 4.69) is 9.97 Å². The number of hydrogen-bond acceptors (Lipinski definition) is 4. The fourth-order valence-electron chi connectivity index (χ4n) is 2.70. The number of carbonyl (C=O) groups is 1. The van der Waals surface area contributed by atoms with Crippen molar-refractivity contribution in [3.05, 3.63) is 82.3 Å². The fourth-order valence-corrected chi connectivity index (χ4v) is 2.93. The van der Waals surface area contributed by atoms with E-state index < -0.39 is 5.97 Å². The number of ether oxygens (including phenoxy) is 1. The molecule has 0 fully saturated rings. The predicted molar refractivity (Wildman–Crippen MR) is 109 cm³/mol. The van der Waals surface area contributed by atoms with Gasteiger partial charge in [0.1, 0.15) is 5.56 Å². The summed E-state index contributed by atoms with van der Waals surface area (Å²) < 4.78 is 5.20. The number of rotatable bonds is 5. The van der Waals surface area contributed by atoms with Crippen molar-refractivity contribution in [2.24, 2.45) is 0 Å². The van der Waals surface area contributed by atoms with Crippen LogP contribution in [-0.2, 0) is 4.74 Å². The van der Waals surface area contributed by atoms with Crippen molar-refractivity contribution in [3.63, 3.8) is 0 Å². The summed E-state index contributed by atoms with van der Waals surface area (Å²) >= 11 is 6.36. The standard InChI is InChI=1S/C22H19ClN2O2/c1-3-27-22(26)20-15(2)24-19(14-13-16-9-5-4-6-10-16)25-21(20)17-11-7-8-12-18(17)23/h4-14H,3H2,1-2H3/b14-13+. The number of aromatic nitrogens is 2. The van der Waals surface area contributed by atoms with Crippen LogP contribution in [0.25, 0.3) is 23.4 Å². The maximum absolute atomic E-state index is 12.5. The minimum Gasteiger partial charge on any atom is -0.462 e. The highest BCUT2D eigenvalue weighted by Gasteiger charge is 2.21. The van der Waals surface area contributed by atoms with Gasteiger partial charge >= 0.3 is 5.97 Å². The second-order valence-electron chi connectivity index (χ2n) is 5.84. The van der Waals surface area contributed by atoms with Crippen molar-refractivity contribution >= 4 is 29.7 Å². The molecule has 0 amide bonds. The van der Waals surface area contributed by atoms with Crippen molar-refractivity contribution in [2.75, 3.05) is 6.61 Å². The van der Waals surface area contributed by atoms with E-state index in [9.17, 15) is 4.79 Å². The van der Waals surface area contributed by atoms with Crippen LogP contribution in [0.4, 0.5) is 0 Å². The highest BCUT2D eigenvalue weighted by molar-refractivity contribution is 6.33. The summed E-state index contributed by atoms with van der Waals surface area (Å²) in [6.45, 7) is 3.81. The van der Waals surface area contributed by atoms with Gasteiger partial charge < -0.3 is 4.74 Å². The molecule has 1 aromatic heterocycles. The van der Waals surface area contributed by atoms with Crippen LogP contribution in [0, 0.1) is 6.92 Å². The molecular weight excluding hydrogens is 360 g/mol. The predicted octanol–water partition coefficient (Wildman–Crippen LogP) is 5.45. The van der Waals surface area contributed by atoms with Crippen LogP contribution in [0.15, 0.2) is 54.6 Å². The summed E-state index contributed by atoms with van der Waals surface area (Å²) in [4.78, 5) is 21.6. The molecule has 0 atom stereocenters. The number of carbonyl (C=O) groups excluding carboxylic acids is 1. The molecule has 0 aliphatic heterocycles. The van der Waals surface area contributed by atoms with E-state index in [-0.39, 0.29) is 6.61 Å². The maximum Gasteiger partial charge on any atom is 0.342 e. The molecule has 0 N–H and O–H groups in total. The zero-order valence-corrected chi connectivity index (χ0v) is 15.9. The summed E-state index contributed by atoms with van der Waals surface area (Å²) in [5.74, 6) is 0.0443. The smallest absolute Gasteiger partial charge is 0.342 e. The minimum atomic E-state index is -0.455. The first-order chi connectivity index (χ1) is 13.1. The molecule has 5 heteroatoms. The molecule has 27 heavy (non-hydrogen) atoms. The van der Waals surface area contributed by atoms with E-state index in [0.29, 0.717) is 33.4 Å². The third-order valence-electron chi connectivity index (χ3n) is 3.94. The third-order valence-corrected chi connectivity index (χ3v) is 4.27. The van der Waals surface area contributed by atoms with Gasteiger partial charge in [-0.1, -0.05) is 66.2 Å². The SMILES string of the molecule is CCOC(=O)c1c(C)nc(/C=C/c2ccccc2)nc1-c1ccccc1Cl. The quantitative estimate of drug-likeness (QED) is 0.554. The lowest BCUT2D eigenvalue weighted by Crippen LogP contribution is -2.12. The average molecular weight is 379 g/mol. The number of hydrogen-bond donors (Lipinski definition) is 0. The molecule has 0 aliphatic rings. The first-order valence-electron chi connectivity index (χ1n) is 8.64. The van der Waals surface area contributed by atoms with Gasteiger partial charge in [-0.25, -0.2) is 14.8 Å². The molecule has 0 spiro atoms. The lowest BCUT2D eigenvalue weighted by Gasteiger charge is -2.12. The van der Waals surface area contributed by atoms with Gasteiger partial charge in [-0.2, -0.15) is 0 Å². The Bertz CT molecular complexity index is 985. The Morgan fingerprint density at radius 3 is 2.44 bits per heavy atom. The average Bonchev–Trinajstić information content (AvgIpc) is 2.67. The molecule has 1 heterocycles. The molecule has 0 radical (unpaired) electrons. The molecular formula is C22H19ClN2O2. The van der Waals surface area contributed by atoms with Crippen LogP contribution in [0.5, 0.6) is 0 Å². The molecule has 136 valence electrons. The van der Waals surface area contributed by atoms with Gasteiger partial charge in [0.15, 0.2) is 5.82 Å². The fraction of sp³-hybridized carbons (Fsp3) is 0.136. The van der Waals surface area contributed by atoms with E-state index in [1.54, 1.807) is 19.9 Å². The summed E-state index contributed by atoms with van der Waals surface area (Å²) in [6, 6.07) is 17.2. The Hall–Kier alpha value is -2.98. The Morgan fingerprint density at radius 1 is 1.04 bits per heavy atom. The second kappa shape index (κ2) is 8.60. The summed E-state index contributed by atoms with van der Waals surface area (Å²) in [5.41, 5.74) is 3.06. The van der Waals surface area contributed by atoms with Crippen LogP contribution in [-0.4, -0.2) is 22.5 Å². The first kappa shape index (κ1) is 18.8. The molecule has 0 saturated heterocycles. The monoisotopic (exact) mass is 378 g/mol. The van der Waals surface area contributed by atoms with Crippen molar-refractivity contribution < 1.29 is 9.53 Å². The summed E-state index contributed by atoms with van der Waals surface area (Å²) in [6.07, 6.45) is 3.74. The van der Waals surface area contributed by atoms with Gasteiger partial charge in [0.25, 0.3) is 0 Å². The number of nitrogens with zero attached hydrogens (tertiary/aromatic N) is 2. The van der Waals surface area contributed by atoms with Crippen molar-refractivity contribution in [1.29, 1.82) is 0 Å². The number of halogens is 1. The van der Waals surface area contributed by atoms with E-state index in [1.165, 1.54) is 0 Å². The summed E-state index contributed by atoms with van der Waals surface area (Å²) in [7, 11) is 0. The van der Waals surface area contributed by atoms with E-state index in [0.717, 1.165) is 5.56 Å². The van der Waals surface area contributed by atoms with Gasteiger partial charge in [0.2, 0.25) is 0 Å². The highest BCUT2D eigenvalue weighted by atomic mass is 35.5. The van der Waals surface area contributed by atoms with E-state index >= 15 is 0 Å². The number of benzene rings is 2. The van der Waals surface area contributed by atoms with Gasteiger partial charge in [0.05, 0.1) is 18.0 Å². The molecule has 4 nitrogen and oxygen atoms in total. The Balaban J connectivity index is 2.12. The minimum absolute atomic E-state index is 0.274. The Kier molecular flexibility index (Phi) is 5.99. The zero-order chi connectivity index (χ0) is 19.2. The number of aryl methyl sites for hydroxylation is 1. The maximum atomic E-state index is 12.5. The third kappa shape index (κ3) is 4.41. The lowest BCUT2D eigenvalue weighted by molar-refractivity contribution is 0.0525. The normalized spacial score (nSPS) is 10.9.